The SMILES string of the molecule is C[C@H]1C[C@@H](C(=O)Nc2cccc(Cl)c2N(C)C)CCN1.Cl.Cl. The quantitative estimate of drug-likeness (QED) is 0.857. The summed E-state index contributed by atoms with van der Waals surface area (Å²) in [7, 11) is 3.84. The van der Waals surface area contributed by atoms with Crippen molar-refractivity contribution in [3.8, 4) is 0 Å². The highest BCUT2D eigenvalue weighted by Crippen LogP contribution is 2.33. The van der Waals surface area contributed by atoms with E-state index in [1.807, 2.05) is 37.2 Å². The van der Waals surface area contributed by atoms with Gasteiger partial charge in [-0.3, -0.25) is 4.79 Å². The molecule has 0 aliphatic carbocycles. The van der Waals surface area contributed by atoms with Gasteiger partial charge in [0.25, 0.3) is 0 Å². The summed E-state index contributed by atoms with van der Waals surface area (Å²) >= 11 is 6.21. The Morgan fingerprint density at radius 1 is 1.36 bits per heavy atom. The lowest BCUT2D eigenvalue weighted by molar-refractivity contribution is -0.120. The zero-order valence-corrected chi connectivity index (χ0v) is 15.4. The average Bonchev–Trinajstić information content (AvgIpc) is 2.38. The lowest BCUT2D eigenvalue weighted by Crippen LogP contribution is -2.40. The number of amides is 1. The minimum absolute atomic E-state index is 0. The maximum absolute atomic E-state index is 12.4. The summed E-state index contributed by atoms with van der Waals surface area (Å²) in [4.78, 5) is 14.3. The van der Waals surface area contributed by atoms with E-state index in [4.69, 9.17) is 11.6 Å². The number of hydrogen-bond acceptors (Lipinski definition) is 3. The van der Waals surface area contributed by atoms with Gasteiger partial charge in [-0.1, -0.05) is 17.7 Å². The Bertz CT molecular complexity index is 497. The van der Waals surface area contributed by atoms with Gasteiger partial charge in [0.2, 0.25) is 5.91 Å². The summed E-state index contributed by atoms with van der Waals surface area (Å²) in [5, 5.41) is 7.04. The molecule has 1 aromatic rings. The van der Waals surface area contributed by atoms with Crippen LogP contribution in [-0.4, -0.2) is 32.6 Å². The van der Waals surface area contributed by atoms with Crippen LogP contribution in [0.15, 0.2) is 18.2 Å². The molecule has 22 heavy (non-hydrogen) atoms. The first kappa shape index (κ1) is 21.3. The summed E-state index contributed by atoms with van der Waals surface area (Å²) < 4.78 is 0. The molecule has 0 spiro atoms. The molecule has 0 bridgehead atoms. The fourth-order valence-corrected chi connectivity index (χ4v) is 3.02. The summed E-state index contributed by atoms with van der Waals surface area (Å²) in [5.41, 5.74) is 1.63. The number of hydrogen-bond donors (Lipinski definition) is 2. The Balaban J connectivity index is 0.00000220. The number of nitrogens with one attached hydrogen (secondary N) is 2. The van der Waals surface area contributed by atoms with E-state index < -0.39 is 0 Å². The van der Waals surface area contributed by atoms with Gasteiger partial charge in [0, 0.05) is 26.1 Å². The third kappa shape index (κ3) is 5.20. The number of para-hydroxylation sites is 1. The molecule has 1 amide bonds. The van der Waals surface area contributed by atoms with Gasteiger partial charge in [-0.05, 0) is 38.4 Å². The average molecular weight is 369 g/mol. The van der Waals surface area contributed by atoms with Gasteiger partial charge in [0.05, 0.1) is 16.4 Å². The van der Waals surface area contributed by atoms with E-state index in [-0.39, 0.29) is 36.6 Å². The van der Waals surface area contributed by atoms with Gasteiger partial charge in [-0.15, -0.1) is 24.8 Å². The first-order valence-electron chi connectivity index (χ1n) is 6.99. The largest absolute Gasteiger partial charge is 0.375 e. The molecule has 1 aliphatic rings. The van der Waals surface area contributed by atoms with Gasteiger partial charge < -0.3 is 15.5 Å². The predicted octanol–water partition coefficient (Wildman–Crippen LogP) is 3.58. The maximum Gasteiger partial charge on any atom is 0.227 e. The van der Waals surface area contributed by atoms with Crippen molar-refractivity contribution < 1.29 is 4.79 Å². The number of carbonyl (C=O) groups excluding carboxylic acids is 1. The molecule has 126 valence electrons. The molecule has 4 nitrogen and oxygen atoms in total. The van der Waals surface area contributed by atoms with Gasteiger partial charge >= 0.3 is 0 Å². The number of nitrogens with zero attached hydrogens (tertiary/aromatic N) is 1. The van der Waals surface area contributed by atoms with Crippen LogP contribution in [0.3, 0.4) is 0 Å². The first-order chi connectivity index (χ1) is 9.49. The van der Waals surface area contributed by atoms with Gasteiger partial charge in [-0.25, -0.2) is 0 Å². The van der Waals surface area contributed by atoms with E-state index in [9.17, 15) is 4.79 Å². The monoisotopic (exact) mass is 367 g/mol. The van der Waals surface area contributed by atoms with Gasteiger partial charge in [0.15, 0.2) is 0 Å². The van der Waals surface area contributed by atoms with Crippen LogP contribution in [0.25, 0.3) is 0 Å². The van der Waals surface area contributed by atoms with Crippen LogP contribution in [0.1, 0.15) is 19.8 Å². The minimum atomic E-state index is 0. The Morgan fingerprint density at radius 3 is 2.64 bits per heavy atom. The van der Waals surface area contributed by atoms with E-state index in [0.29, 0.717) is 11.1 Å². The molecular formula is C15H24Cl3N3O. The Labute approximate surface area is 149 Å². The molecule has 0 aromatic heterocycles. The smallest absolute Gasteiger partial charge is 0.227 e. The molecule has 0 unspecified atom stereocenters. The number of piperidine rings is 1. The number of carbonyl (C=O) groups is 1. The summed E-state index contributed by atoms with van der Waals surface area (Å²) in [6.07, 6.45) is 1.76. The Kier molecular flexibility index (Phi) is 9.16. The van der Waals surface area contributed by atoms with E-state index in [1.165, 1.54) is 0 Å². The van der Waals surface area contributed by atoms with Gasteiger partial charge in [-0.2, -0.15) is 0 Å². The zero-order chi connectivity index (χ0) is 14.7. The van der Waals surface area contributed by atoms with Crippen molar-refractivity contribution in [3.05, 3.63) is 23.2 Å². The molecule has 2 rings (SSSR count). The molecule has 7 heteroatoms. The predicted molar refractivity (Wildman–Crippen MR) is 99.1 cm³/mol. The number of halogens is 3. The standard InChI is InChI=1S/C15H22ClN3O.2ClH/c1-10-9-11(7-8-17-10)15(20)18-13-6-4-5-12(16)14(13)19(2)3;;/h4-6,10-11,17H,7-9H2,1-3H3,(H,18,20);2*1H/t10-,11-;;/m0../s1. The summed E-state index contributed by atoms with van der Waals surface area (Å²) in [6.45, 7) is 3.01. The molecule has 1 heterocycles. The maximum atomic E-state index is 12.4. The molecule has 2 atom stereocenters. The van der Waals surface area contributed by atoms with Crippen LogP contribution in [0, 0.1) is 5.92 Å². The third-order valence-electron chi connectivity index (χ3n) is 3.69. The molecule has 0 radical (unpaired) electrons. The van der Waals surface area contributed by atoms with Crippen molar-refractivity contribution >= 4 is 53.7 Å². The van der Waals surface area contributed by atoms with E-state index in [0.717, 1.165) is 30.8 Å². The van der Waals surface area contributed by atoms with Crippen molar-refractivity contribution in [2.24, 2.45) is 5.92 Å². The molecule has 1 aromatic carbocycles. The molecule has 1 saturated heterocycles. The van der Waals surface area contributed by atoms with Crippen LogP contribution in [0.5, 0.6) is 0 Å². The molecular weight excluding hydrogens is 345 g/mol. The normalized spacial score (nSPS) is 20.4. The highest BCUT2D eigenvalue weighted by Gasteiger charge is 2.25. The number of anilines is 2. The summed E-state index contributed by atoms with van der Waals surface area (Å²) in [6, 6.07) is 5.98. The van der Waals surface area contributed by atoms with E-state index >= 15 is 0 Å². The van der Waals surface area contributed by atoms with Crippen molar-refractivity contribution in [1.82, 2.24) is 5.32 Å². The van der Waals surface area contributed by atoms with Crippen LogP contribution < -0.4 is 15.5 Å². The first-order valence-corrected chi connectivity index (χ1v) is 7.37. The van der Waals surface area contributed by atoms with E-state index in [2.05, 4.69) is 17.6 Å². The topological polar surface area (TPSA) is 44.4 Å². The van der Waals surface area contributed by atoms with Crippen LogP contribution >= 0.6 is 36.4 Å². The minimum Gasteiger partial charge on any atom is -0.375 e. The van der Waals surface area contributed by atoms with Crippen LogP contribution in [0.2, 0.25) is 5.02 Å². The zero-order valence-electron chi connectivity index (χ0n) is 13.1. The lowest BCUT2D eigenvalue weighted by Gasteiger charge is -2.28. The van der Waals surface area contributed by atoms with E-state index in [1.54, 1.807) is 0 Å². The fourth-order valence-electron chi connectivity index (χ4n) is 2.68. The third-order valence-corrected chi connectivity index (χ3v) is 3.99. The van der Waals surface area contributed by atoms with Crippen molar-refractivity contribution in [2.45, 2.75) is 25.8 Å². The highest BCUT2D eigenvalue weighted by atomic mass is 35.5. The second kappa shape index (κ2) is 9.46. The number of rotatable bonds is 3. The second-order valence-electron chi connectivity index (χ2n) is 5.60. The van der Waals surface area contributed by atoms with Crippen LogP contribution in [0.4, 0.5) is 11.4 Å². The van der Waals surface area contributed by atoms with Crippen molar-refractivity contribution in [2.75, 3.05) is 30.9 Å². The second-order valence-corrected chi connectivity index (χ2v) is 6.00. The lowest BCUT2D eigenvalue weighted by atomic mass is 9.92. The van der Waals surface area contributed by atoms with Gasteiger partial charge in [0.1, 0.15) is 0 Å². The molecule has 1 fully saturated rings. The summed E-state index contributed by atoms with van der Waals surface area (Å²) in [5.74, 6) is 0.156. The fraction of sp³-hybridized carbons (Fsp3) is 0.533. The number of benzene rings is 1. The Morgan fingerprint density at radius 2 is 2.05 bits per heavy atom. The van der Waals surface area contributed by atoms with Crippen LogP contribution in [-0.2, 0) is 4.79 Å². The Hall–Kier alpha value is -0.680. The van der Waals surface area contributed by atoms with Crippen molar-refractivity contribution in [3.63, 3.8) is 0 Å². The highest BCUT2D eigenvalue weighted by molar-refractivity contribution is 6.34. The molecule has 0 saturated carbocycles. The van der Waals surface area contributed by atoms with Crippen molar-refractivity contribution in [1.29, 1.82) is 0 Å². The molecule has 1 aliphatic heterocycles. The molecule has 2 N–H and O–H groups in total.